The lowest BCUT2D eigenvalue weighted by Crippen LogP contribution is -2.38. The second-order valence-electron chi connectivity index (χ2n) is 1.44. The minimum atomic E-state index is -1.00. The molecule has 0 aliphatic heterocycles. The maximum atomic E-state index is 10.1. The molecule has 5 heteroatoms. The van der Waals surface area contributed by atoms with Crippen molar-refractivity contribution in [2.75, 3.05) is 12.5 Å². The number of aliphatic hydroxyl groups is 1. The number of thiol groups is 1. The molecule has 0 amide bonds. The summed E-state index contributed by atoms with van der Waals surface area (Å²) < 4.78 is 0. The first-order valence-corrected chi connectivity index (χ1v) is 3.03. The monoisotopic (exact) mass is 151 g/mol. The number of rotatable bonds is 4. The Morgan fingerprint density at radius 3 is 2.44 bits per heavy atom. The van der Waals surface area contributed by atoms with E-state index in [0.717, 1.165) is 0 Å². The first-order valence-electron chi connectivity index (χ1n) is 2.40. The summed E-state index contributed by atoms with van der Waals surface area (Å²) in [5.74, 6) is -0.824. The highest BCUT2D eigenvalue weighted by molar-refractivity contribution is 7.80. The van der Waals surface area contributed by atoms with Gasteiger partial charge in [-0.15, -0.1) is 0 Å². The molecule has 54 valence electrons. The van der Waals surface area contributed by atoms with Gasteiger partial charge in [-0.3, -0.25) is 10.1 Å². The van der Waals surface area contributed by atoms with Crippen LogP contribution < -0.4 is 5.32 Å². The molecule has 1 atom stereocenters. The molecule has 0 bridgehead atoms. The van der Waals surface area contributed by atoms with E-state index in [-0.39, 0.29) is 12.5 Å². The van der Waals surface area contributed by atoms with E-state index in [9.17, 15) is 4.79 Å². The van der Waals surface area contributed by atoms with Gasteiger partial charge in [0.05, 0.1) is 6.73 Å². The van der Waals surface area contributed by atoms with E-state index in [1.165, 1.54) is 0 Å². The van der Waals surface area contributed by atoms with Gasteiger partial charge in [0.1, 0.15) is 6.04 Å². The molecule has 0 aromatic rings. The van der Waals surface area contributed by atoms with Crippen molar-refractivity contribution >= 4 is 18.6 Å². The van der Waals surface area contributed by atoms with Gasteiger partial charge in [0.2, 0.25) is 0 Å². The second kappa shape index (κ2) is 4.60. The summed E-state index contributed by atoms with van der Waals surface area (Å²) in [6.07, 6.45) is 0. The number of aliphatic carboxylic acids is 1. The summed E-state index contributed by atoms with van der Waals surface area (Å²) in [6.45, 7) is -0.336. The summed E-state index contributed by atoms with van der Waals surface area (Å²) in [7, 11) is 0. The Morgan fingerprint density at radius 2 is 2.33 bits per heavy atom. The number of aliphatic hydroxyl groups excluding tert-OH is 1. The quantitative estimate of drug-likeness (QED) is 0.304. The zero-order valence-electron chi connectivity index (χ0n) is 4.74. The Balaban J connectivity index is 3.54. The normalized spacial score (nSPS) is 13.1. The van der Waals surface area contributed by atoms with Crippen LogP contribution in [-0.2, 0) is 4.79 Å². The Labute approximate surface area is 58.3 Å². The third-order valence-corrected chi connectivity index (χ3v) is 1.18. The molecule has 4 nitrogen and oxygen atoms in total. The summed E-state index contributed by atoms with van der Waals surface area (Å²) >= 11 is 3.73. The van der Waals surface area contributed by atoms with Crippen molar-refractivity contribution in [3.8, 4) is 0 Å². The van der Waals surface area contributed by atoms with Crippen LogP contribution in [0.15, 0.2) is 0 Å². The molecule has 0 aliphatic rings. The fourth-order valence-electron chi connectivity index (χ4n) is 0.340. The highest BCUT2D eigenvalue weighted by Gasteiger charge is 2.12. The molecule has 0 aromatic carbocycles. The lowest BCUT2D eigenvalue weighted by atomic mass is 10.3. The zero-order valence-corrected chi connectivity index (χ0v) is 5.64. The lowest BCUT2D eigenvalue weighted by molar-refractivity contribution is -0.139. The van der Waals surface area contributed by atoms with Crippen molar-refractivity contribution in [2.24, 2.45) is 0 Å². The van der Waals surface area contributed by atoms with Gasteiger partial charge in [-0.2, -0.15) is 12.6 Å². The molecule has 0 aliphatic carbocycles. The Bertz CT molecular complexity index is 97.8. The van der Waals surface area contributed by atoms with Crippen LogP contribution in [0.1, 0.15) is 0 Å². The summed E-state index contributed by atoms with van der Waals surface area (Å²) in [6, 6.07) is -0.752. The Kier molecular flexibility index (Phi) is 4.47. The van der Waals surface area contributed by atoms with E-state index >= 15 is 0 Å². The minimum absolute atomic E-state index is 0.176. The third kappa shape index (κ3) is 3.34. The van der Waals surface area contributed by atoms with Crippen LogP contribution in [0.2, 0.25) is 0 Å². The summed E-state index contributed by atoms with van der Waals surface area (Å²) in [5.41, 5.74) is 0. The molecule has 3 N–H and O–H groups in total. The summed E-state index contributed by atoms with van der Waals surface area (Å²) in [5, 5.41) is 18.8. The second-order valence-corrected chi connectivity index (χ2v) is 1.80. The van der Waals surface area contributed by atoms with E-state index in [0.29, 0.717) is 0 Å². The largest absolute Gasteiger partial charge is 0.480 e. The molecule has 0 fully saturated rings. The van der Waals surface area contributed by atoms with Gasteiger partial charge in [-0.05, 0) is 0 Å². The number of carbonyl (C=O) groups is 1. The standard InChI is InChI=1S/C4H9NO3S/c6-2-5-3(1-9)4(7)8/h3,5-6,9H,1-2H2,(H,7,8). The predicted molar refractivity (Wildman–Crippen MR) is 35.5 cm³/mol. The molecular weight excluding hydrogens is 142 g/mol. The van der Waals surface area contributed by atoms with E-state index in [2.05, 4.69) is 17.9 Å². The maximum absolute atomic E-state index is 10.1. The van der Waals surface area contributed by atoms with Crippen LogP contribution in [0.4, 0.5) is 0 Å². The van der Waals surface area contributed by atoms with Crippen molar-refractivity contribution in [2.45, 2.75) is 6.04 Å². The Hall–Kier alpha value is -0.260. The minimum Gasteiger partial charge on any atom is -0.480 e. The molecule has 0 spiro atoms. The number of carboxylic acid groups (broad SMARTS) is 1. The highest BCUT2D eigenvalue weighted by atomic mass is 32.1. The van der Waals surface area contributed by atoms with Crippen LogP contribution in [0.5, 0.6) is 0 Å². The topological polar surface area (TPSA) is 69.6 Å². The van der Waals surface area contributed by atoms with E-state index < -0.39 is 12.0 Å². The molecule has 0 saturated carbocycles. The molecule has 0 heterocycles. The van der Waals surface area contributed by atoms with E-state index in [4.69, 9.17) is 10.2 Å². The van der Waals surface area contributed by atoms with Crippen molar-refractivity contribution in [3.63, 3.8) is 0 Å². The fraction of sp³-hybridized carbons (Fsp3) is 0.750. The van der Waals surface area contributed by atoms with Crippen LogP contribution >= 0.6 is 12.6 Å². The van der Waals surface area contributed by atoms with Gasteiger partial charge in [0.15, 0.2) is 0 Å². The lowest BCUT2D eigenvalue weighted by Gasteiger charge is -2.07. The average Bonchev–Trinajstić information content (AvgIpc) is 1.82. The third-order valence-electron chi connectivity index (χ3n) is 0.818. The van der Waals surface area contributed by atoms with Gasteiger partial charge < -0.3 is 10.2 Å². The van der Waals surface area contributed by atoms with Crippen molar-refractivity contribution in [1.82, 2.24) is 5.32 Å². The number of carboxylic acids is 1. The molecule has 0 radical (unpaired) electrons. The molecule has 0 aromatic heterocycles. The molecular formula is C4H9NO3S. The maximum Gasteiger partial charge on any atom is 0.321 e. The average molecular weight is 151 g/mol. The van der Waals surface area contributed by atoms with Crippen LogP contribution in [-0.4, -0.2) is 34.7 Å². The van der Waals surface area contributed by atoms with Gasteiger partial charge in [0.25, 0.3) is 0 Å². The SMILES string of the molecule is O=C(O)C(CS)NCO. The highest BCUT2D eigenvalue weighted by Crippen LogP contribution is 1.85. The van der Waals surface area contributed by atoms with Crippen LogP contribution in [0, 0.1) is 0 Å². The molecule has 0 rings (SSSR count). The zero-order chi connectivity index (χ0) is 7.28. The van der Waals surface area contributed by atoms with Gasteiger partial charge in [0, 0.05) is 5.75 Å². The fourth-order valence-corrected chi connectivity index (χ4v) is 0.625. The van der Waals surface area contributed by atoms with Crippen LogP contribution in [0.25, 0.3) is 0 Å². The van der Waals surface area contributed by atoms with Crippen LogP contribution in [0.3, 0.4) is 0 Å². The van der Waals surface area contributed by atoms with E-state index in [1.807, 2.05) is 0 Å². The Morgan fingerprint density at radius 1 is 1.78 bits per heavy atom. The smallest absolute Gasteiger partial charge is 0.321 e. The van der Waals surface area contributed by atoms with Gasteiger partial charge in [-0.1, -0.05) is 0 Å². The van der Waals surface area contributed by atoms with Crippen molar-refractivity contribution in [1.29, 1.82) is 0 Å². The number of hydrogen-bond acceptors (Lipinski definition) is 4. The summed E-state index contributed by atoms with van der Waals surface area (Å²) in [4.78, 5) is 10.1. The predicted octanol–water partition coefficient (Wildman–Crippen LogP) is -1.09. The van der Waals surface area contributed by atoms with E-state index in [1.54, 1.807) is 0 Å². The van der Waals surface area contributed by atoms with Gasteiger partial charge in [-0.25, -0.2) is 0 Å². The molecule has 9 heavy (non-hydrogen) atoms. The van der Waals surface area contributed by atoms with Crippen molar-refractivity contribution < 1.29 is 15.0 Å². The first-order chi connectivity index (χ1) is 4.22. The molecule has 1 unspecified atom stereocenters. The number of hydrogen-bond donors (Lipinski definition) is 4. The first kappa shape index (κ1) is 8.74. The van der Waals surface area contributed by atoms with Crippen molar-refractivity contribution in [3.05, 3.63) is 0 Å². The van der Waals surface area contributed by atoms with Gasteiger partial charge >= 0.3 is 5.97 Å². The molecule has 0 saturated heterocycles. The number of nitrogens with one attached hydrogen (secondary N) is 1.